The van der Waals surface area contributed by atoms with Gasteiger partial charge in [0.05, 0.1) is 13.2 Å². The number of hydrogen-bond donors (Lipinski definition) is 1. The van der Waals surface area contributed by atoms with Gasteiger partial charge in [-0.2, -0.15) is 0 Å². The molecule has 1 aromatic carbocycles. The van der Waals surface area contributed by atoms with Crippen molar-refractivity contribution >= 4 is 0 Å². The molecule has 2 atom stereocenters. The summed E-state index contributed by atoms with van der Waals surface area (Å²) in [5, 5.41) is 10.1. The van der Waals surface area contributed by atoms with Gasteiger partial charge in [-0.25, -0.2) is 0 Å². The molecule has 0 saturated heterocycles. The number of aliphatic hydroxyl groups is 1. The van der Waals surface area contributed by atoms with Crippen molar-refractivity contribution < 1.29 is 14.6 Å². The van der Waals surface area contributed by atoms with Crippen LogP contribution >= 0.6 is 0 Å². The molecule has 2 rings (SSSR count). The predicted octanol–water partition coefficient (Wildman–Crippen LogP) is 3.07. The molecule has 0 aromatic heterocycles. The number of hydrogen-bond acceptors (Lipinski definition) is 3. The third kappa shape index (κ3) is 2.72. The van der Waals surface area contributed by atoms with E-state index in [-0.39, 0.29) is 6.10 Å². The van der Waals surface area contributed by atoms with Crippen LogP contribution in [-0.4, -0.2) is 18.3 Å². The highest BCUT2D eigenvalue weighted by molar-refractivity contribution is 5.43. The fourth-order valence-corrected chi connectivity index (χ4v) is 2.23. The van der Waals surface area contributed by atoms with Gasteiger partial charge in [0.1, 0.15) is 17.6 Å². The van der Waals surface area contributed by atoms with Crippen LogP contribution in [0.25, 0.3) is 0 Å². The van der Waals surface area contributed by atoms with E-state index in [1.165, 1.54) is 0 Å². The van der Waals surface area contributed by atoms with E-state index in [0.717, 1.165) is 36.3 Å². The Bertz CT molecular complexity index is 376. The third-order valence-corrected chi connectivity index (χ3v) is 3.24. The Labute approximate surface area is 102 Å². The lowest BCUT2D eigenvalue weighted by Crippen LogP contribution is -2.25. The molecule has 0 saturated carbocycles. The van der Waals surface area contributed by atoms with Crippen molar-refractivity contribution in [1.29, 1.82) is 0 Å². The first-order chi connectivity index (χ1) is 8.24. The van der Waals surface area contributed by atoms with Gasteiger partial charge in [-0.3, -0.25) is 0 Å². The van der Waals surface area contributed by atoms with Crippen LogP contribution in [-0.2, 0) is 0 Å². The number of fused-ring (bicyclic) bond motifs is 1. The summed E-state index contributed by atoms with van der Waals surface area (Å²) in [6.45, 7) is 2.16. The molecule has 1 aliphatic heterocycles. The summed E-state index contributed by atoms with van der Waals surface area (Å²) in [5.74, 6) is 1.56. The maximum atomic E-state index is 10.1. The van der Waals surface area contributed by atoms with Gasteiger partial charge in [-0.15, -0.1) is 0 Å². The zero-order valence-electron chi connectivity index (χ0n) is 10.5. The highest BCUT2D eigenvalue weighted by atomic mass is 16.5. The average Bonchev–Trinajstić information content (AvgIpc) is 2.36. The molecule has 3 heteroatoms. The summed E-state index contributed by atoms with van der Waals surface area (Å²) < 4.78 is 11.0. The number of aliphatic hydroxyl groups excluding tert-OH is 1. The van der Waals surface area contributed by atoms with Crippen LogP contribution in [0.15, 0.2) is 18.2 Å². The molecular formula is C14H20O3. The summed E-state index contributed by atoms with van der Waals surface area (Å²) in [4.78, 5) is 0. The molecular weight excluding hydrogens is 216 g/mol. The number of ether oxygens (including phenoxy) is 2. The normalized spacial score (nSPS) is 22.8. The summed E-state index contributed by atoms with van der Waals surface area (Å²) in [6.07, 6.45) is 3.70. The minimum Gasteiger partial charge on any atom is -0.497 e. The molecule has 1 unspecified atom stereocenters. The van der Waals surface area contributed by atoms with Crippen LogP contribution in [0.3, 0.4) is 0 Å². The van der Waals surface area contributed by atoms with Crippen molar-refractivity contribution in [3.8, 4) is 11.5 Å². The van der Waals surface area contributed by atoms with Gasteiger partial charge in [-0.1, -0.05) is 19.8 Å². The van der Waals surface area contributed by atoms with E-state index in [0.29, 0.717) is 6.42 Å². The first-order valence-corrected chi connectivity index (χ1v) is 6.27. The maximum absolute atomic E-state index is 10.1. The average molecular weight is 236 g/mol. The van der Waals surface area contributed by atoms with Crippen molar-refractivity contribution in [3.63, 3.8) is 0 Å². The molecule has 0 amide bonds. The SMILES string of the molecule is CCCCC1C[C@@H](O)c2cc(OC)ccc2O1. The van der Waals surface area contributed by atoms with Crippen LogP contribution in [0.4, 0.5) is 0 Å². The fraction of sp³-hybridized carbons (Fsp3) is 0.571. The standard InChI is InChI=1S/C14H20O3/c1-3-4-5-11-9-13(15)12-8-10(16-2)6-7-14(12)17-11/h6-8,11,13,15H,3-5,9H2,1-2H3/t11?,13-/m1/s1. The quantitative estimate of drug-likeness (QED) is 0.873. The highest BCUT2D eigenvalue weighted by Crippen LogP contribution is 2.38. The summed E-state index contributed by atoms with van der Waals surface area (Å²) >= 11 is 0. The van der Waals surface area contributed by atoms with Crippen LogP contribution in [0.2, 0.25) is 0 Å². The van der Waals surface area contributed by atoms with Crippen LogP contribution in [0.5, 0.6) is 11.5 Å². The molecule has 1 heterocycles. The van der Waals surface area contributed by atoms with E-state index < -0.39 is 6.10 Å². The molecule has 3 nitrogen and oxygen atoms in total. The van der Waals surface area contributed by atoms with Crippen molar-refractivity contribution in [2.24, 2.45) is 0 Å². The molecule has 0 bridgehead atoms. The lowest BCUT2D eigenvalue weighted by Gasteiger charge is -2.29. The monoisotopic (exact) mass is 236 g/mol. The minimum atomic E-state index is -0.435. The Morgan fingerprint density at radius 3 is 3.00 bits per heavy atom. The highest BCUT2D eigenvalue weighted by Gasteiger charge is 2.26. The van der Waals surface area contributed by atoms with Crippen LogP contribution in [0, 0.1) is 0 Å². The molecule has 0 fully saturated rings. The zero-order chi connectivity index (χ0) is 12.3. The Kier molecular flexibility index (Phi) is 3.89. The van der Waals surface area contributed by atoms with Crippen molar-refractivity contribution in [2.75, 3.05) is 7.11 Å². The molecule has 1 N–H and O–H groups in total. The van der Waals surface area contributed by atoms with Gasteiger partial charge < -0.3 is 14.6 Å². The Hall–Kier alpha value is -1.22. The predicted molar refractivity (Wildman–Crippen MR) is 66.5 cm³/mol. The van der Waals surface area contributed by atoms with Crippen LogP contribution < -0.4 is 9.47 Å². The molecule has 17 heavy (non-hydrogen) atoms. The zero-order valence-corrected chi connectivity index (χ0v) is 10.5. The van der Waals surface area contributed by atoms with Gasteiger partial charge in [0.2, 0.25) is 0 Å². The van der Waals surface area contributed by atoms with Crippen molar-refractivity contribution in [2.45, 2.75) is 44.8 Å². The van der Waals surface area contributed by atoms with E-state index in [4.69, 9.17) is 9.47 Å². The Balaban J connectivity index is 2.14. The molecule has 94 valence electrons. The number of unbranched alkanes of at least 4 members (excludes halogenated alkanes) is 1. The molecule has 0 aliphatic carbocycles. The minimum absolute atomic E-state index is 0.144. The molecule has 0 spiro atoms. The number of benzene rings is 1. The second-order valence-corrected chi connectivity index (χ2v) is 4.54. The van der Waals surface area contributed by atoms with Gasteiger partial charge in [0, 0.05) is 12.0 Å². The Morgan fingerprint density at radius 2 is 2.29 bits per heavy atom. The van der Waals surface area contributed by atoms with Gasteiger partial charge in [0.25, 0.3) is 0 Å². The van der Waals surface area contributed by atoms with Crippen molar-refractivity contribution in [3.05, 3.63) is 23.8 Å². The van der Waals surface area contributed by atoms with E-state index in [1.54, 1.807) is 7.11 Å². The maximum Gasteiger partial charge on any atom is 0.125 e. The van der Waals surface area contributed by atoms with Gasteiger partial charge in [-0.05, 0) is 24.6 Å². The first-order valence-electron chi connectivity index (χ1n) is 6.27. The second kappa shape index (κ2) is 5.41. The molecule has 0 radical (unpaired) electrons. The summed E-state index contributed by atoms with van der Waals surface area (Å²) in [7, 11) is 1.63. The van der Waals surface area contributed by atoms with Crippen molar-refractivity contribution in [1.82, 2.24) is 0 Å². The largest absolute Gasteiger partial charge is 0.497 e. The summed E-state index contributed by atoms with van der Waals surface area (Å²) in [5.41, 5.74) is 0.845. The smallest absolute Gasteiger partial charge is 0.125 e. The third-order valence-electron chi connectivity index (χ3n) is 3.24. The van der Waals surface area contributed by atoms with E-state index in [2.05, 4.69) is 6.92 Å². The topological polar surface area (TPSA) is 38.7 Å². The lowest BCUT2D eigenvalue weighted by atomic mass is 9.96. The van der Waals surface area contributed by atoms with Gasteiger partial charge >= 0.3 is 0 Å². The molecule has 1 aliphatic rings. The van der Waals surface area contributed by atoms with E-state index >= 15 is 0 Å². The van der Waals surface area contributed by atoms with E-state index in [9.17, 15) is 5.11 Å². The van der Waals surface area contributed by atoms with Crippen LogP contribution in [0.1, 0.15) is 44.3 Å². The van der Waals surface area contributed by atoms with E-state index in [1.807, 2.05) is 18.2 Å². The Morgan fingerprint density at radius 1 is 1.47 bits per heavy atom. The summed E-state index contributed by atoms with van der Waals surface area (Å²) in [6, 6.07) is 5.61. The fourth-order valence-electron chi connectivity index (χ4n) is 2.23. The second-order valence-electron chi connectivity index (χ2n) is 4.54. The number of methoxy groups -OCH3 is 1. The lowest BCUT2D eigenvalue weighted by molar-refractivity contribution is 0.0604. The first kappa shape index (κ1) is 12.2. The van der Waals surface area contributed by atoms with Gasteiger partial charge in [0.15, 0.2) is 0 Å². The number of rotatable bonds is 4. The molecule has 1 aromatic rings.